The molecule has 21 heavy (non-hydrogen) atoms. The summed E-state index contributed by atoms with van der Waals surface area (Å²) in [4.78, 5) is 14.2. The van der Waals surface area contributed by atoms with Gasteiger partial charge in [-0.25, -0.2) is 0 Å². The first-order valence-electron chi connectivity index (χ1n) is 6.97. The Hall–Kier alpha value is -0.810. The molecule has 1 aromatic carbocycles. The van der Waals surface area contributed by atoms with Crippen molar-refractivity contribution in [2.75, 3.05) is 25.5 Å². The molecule has 1 aromatic rings. The average Bonchev–Trinajstić information content (AvgIpc) is 3.19. The van der Waals surface area contributed by atoms with E-state index in [1.807, 2.05) is 31.0 Å². The number of rotatable bonds is 6. The number of nitrogens with zero attached hydrogens (tertiary/aromatic N) is 1. The smallest absolute Gasteiger partial charge is 0.238 e. The monoisotopic (exact) mass is 331 g/mol. The number of anilines is 1. The normalized spacial score (nSPS) is 15.5. The van der Waals surface area contributed by atoms with Crippen molar-refractivity contribution < 1.29 is 4.79 Å². The number of carbonyl (C=O) groups is 1. The van der Waals surface area contributed by atoms with Crippen LogP contribution in [0.1, 0.15) is 18.4 Å². The highest BCUT2D eigenvalue weighted by molar-refractivity contribution is 6.31. The van der Waals surface area contributed by atoms with Gasteiger partial charge < -0.3 is 11.1 Å². The number of likely N-dealkylation sites (N-methyl/N-ethyl adjacent to an activating group) is 1. The minimum Gasteiger partial charge on any atom is -0.329 e. The van der Waals surface area contributed by atoms with Crippen molar-refractivity contribution in [1.29, 1.82) is 0 Å². The number of amides is 1. The quantitative estimate of drug-likeness (QED) is 0.842. The summed E-state index contributed by atoms with van der Waals surface area (Å²) in [5.74, 6) is 0.627. The van der Waals surface area contributed by atoms with E-state index in [2.05, 4.69) is 5.32 Å². The van der Waals surface area contributed by atoms with Crippen LogP contribution in [0.5, 0.6) is 0 Å². The van der Waals surface area contributed by atoms with Crippen LogP contribution < -0.4 is 11.1 Å². The second-order valence-corrected chi connectivity index (χ2v) is 6.00. The molecule has 4 nitrogen and oxygen atoms in total. The van der Waals surface area contributed by atoms with Crippen molar-refractivity contribution in [2.24, 2.45) is 11.7 Å². The maximum absolute atomic E-state index is 12.1. The van der Waals surface area contributed by atoms with Crippen LogP contribution in [0.3, 0.4) is 0 Å². The van der Waals surface area contributed by atoms with E-state index < -0.39 is 0 Å². The molecule has 6 heteroatoms. The highest BCUT2D eigenvalue weighted by atomic mass is 35.5. The molecular formula is C15H23Cl2N3O. The minimum atomic E-state index is -0.0306. The highest BCUT2D eigenvalue weighted by Gasteiger charge is 2.33. The molecule has 0 saturated heterocycles. The van der Waals surface area contributed by atoms with Crippen molar-refractivity contribution in [1.82, 2.24) is 4.90 Å². The summed E-state index contributed by atoms with van der Waals surface area (Å²) in [6, 6.07) is 5.79. The lowest BCUT2D eigenvalue weighted by atomic mass is 10.1. The number of halogens is 2. The molecule has 1 amide bonds. The van der Waals surface area contributed by atoms with Crippen LogP contribution in [0.15, 0.2) is 18.2 Å². The number of nitrogens with two attached hydrogens (primary N) is 1. The minimum absolute atomic E-state index is 0. The van der Waals surface area contributed by atoms with Gasteiger partial charge in [-0.05, 0) is 50.4 Å². The average molecular weight is 332 g/mol. The third-order valence-electron chi connectivity index (χ3n) is 3.84. The summed E-state index contributed by atoms with van der Waals surface area (Å²) < 4.78 is 0. The maximum Gasteiger partial charge on any atom is 0.238 e. The third kappa shape index (κ3) is 5.15. The molecule has 1 aliphatic rings. The van der Waals surface area contributed by atoms with E-state index in [-0.39, 0.29) is 18.3 Å². The Morgan fingerprint density at radius 3 is 2.76 bits per heavy atom. The fourth-order valence-electron chi connectivity index (χ4n) is 2.48. The van der Waals surface area contributed by atoms with Crippen LogP contribution >= 0.6 is 24.0 Å². The standard InChI is InChI=1S/C15H22ClN3O.ClH/c1-10-3-6-12(16)7-13(10)18-15(20)9-19(2)14(8-17)11-4-5-11;/h3,6-7,11,14H,4-5,8-9,17H2,1-2H3,(H,18,20);1H. The molecule has 1 fully saturated rings. The molecule has 0 radical (unpaired) electrons. The maximum atomic E-state index is 12.1. The van der Waals surface area contributed by atoms with Gasteiger partial charge in [0.2, 0.25) is 5.91 Å². The van der Waals surface area contributed by atoms with E-state index in [9.17, 15) is 4.79 Å². The number of hydrogen-bond acceptors (Lipinski definition) is 3. The van der Waals surface area contributed by atoms with E-state index in [1.54, 1.807) is 6.07 Å². The van der Waals surface area contributed by atoms with E-state index in [0.717, 1.165) is 11.3 Å². The summed E-state index contributed by atoms with van der Waals surface area (Å²) in [7, 11) is 1.96. The zero-order valence-corrected chi connectivity index (χ0v) is 14.0. The number of hydrogen-bond donors (Lipinski definition) is 2. The highest BCUT2D eigenvalue weighted by Crippen LogP contribution is 2.34. The van der Waals surface area contributed by atoms with Crippen molar-refractivity contribution in [3.63, 3.8) is 0 Å². The summed E-state index contributed by atoms with van der Waals surface area (Å²) in [6.07, 6.45) is 2.45. The Labute approximate surface area is 137 Å². The molecule has 1 saturated carbocycles. The second-order valence-electron chi connectivity index (χ2n) is 5.56. The van der Waals surface area contributed by atoms with Gasteiger partial charge >= 0.3 is 0 Å². The summed E-state index contributed by atoms with van der Waals surface area (Å²) in [5, 5.41) is 3.54. The molecule has 118 valence electrons. The Morgan fingerprint density at radius 2 is 2.19 bits per heavy atom. The van der Waals surface area contributed by atoms with E-state index in [4.69, 9.17) is 17.3 Å². The number of carbonyl (C=O) groups excluding carboxylic acids is 1. The molecule has 1 unspecified atom stereocenters. The lowest BCUT2D eigenvalue weighted by Gasteiger charge is -2.26. The first-order chi connectivity index (χ1) is 9.51. The van der Waals surface area contributed by atoms with Gasteiger partial charge in [-0.3, -0.25) is 9.69 Å². The van der Waals surface area contributed by atoms with Crippen molar-refractivity contribution in [3.8, 4) is 0 Å². The number of aryl methyl sites for hydroxylation is 1. The van der Waals surface area contributed by atoms with Gasteiger partial charge in [0.25, 0.3) is 0 Å². The Kier molecular flexibility index (Phi) is 6.94. The topological polar surface area (TPSA) is 58.4 Å². The summed E-state index contributed by atoms with van der Waals surface area (Å²) in [5.41, 5.74) is 7.57. The van der Waals surface area contributed by atoms with E-state index >= 15 is 0 Å². The molecule has 0 aliphatic heterocycles. The Morgan fingerprint density at radius 1 is 1.52 bits per heavy atom. The Bertz CT molecular complexity index is 492. The molecule has 0 bridgehead atoms. The van der Waals surface area contributed by atoms with Gasteiger partial charge in [-0.1, -0.05) is 17.7 Å². The fraction of sp³-hybridized carbons (Fsp3) is 0.533. The molecular weight excluding hydrogens is 309 g/mol. The molecule has 1 atom stereocenters. The number of benzene rings is 1. The third-order valence-corrected chi connectivity index (χ3v) is 4.08. The zero-order chi connectivity index (χ0) is 14.7. The van der Waals surface area contributed by atoms with Crippen LogP contribution in [-0.4, -0.2) is 37.0 Å². The predicted molar refractivity (Wildman–Crippen MR) is 90.3 cm³/mol. The molecule has 1 aliphatic carbocycles. The first kappa shape index (κ1) is 18.2. The Balaban J connectivity index is 0.00000220. The molecule has 0 spiro atoms. The fourth-order valence-corrected chi connectivity index (χ4v) is 2.65. The van der Waals surface area contributed by atoms with Gasteiger partial charge in [0.15, 0.2) is 0 Å². The van der Waals surface area contributed by atoms with E-state index in [1.165, 1.54) is 12.8 Å². The van der Waals surface area contributed by atoms with Crippen LogP contribution in [-0.2, 0) is 4.79 Å². The second kappa shape index (κ2) is 7.99. The van der Waals surface area contributed by atoms with Crippen LogP contribution in [0.4, 0.5) is 5.69 Å². The molecule has 3 N–H and O–H groups in total. The largest absolute Gasteiger partial charge is 0.329 e. The van der Waals surface area contributed by atoms with Gasteiger partial charge in [-0.2, -0.15) is 0 Å². The van der Waals surface area contributed by atoms with Gasteiger partial charge in [0.05, 0.1) is 6.54 Å². The van der Waals surface area contributed by atoms with Crippen LogP contribution in [0.2, 0.25) is 5.02 Å². The van der Waals surface area contributed by atoms with Crippen molar-refractivity contribution in [2.45, 2.75) is 25.8 Å². The van der Waals surface area contributed by atoms with Crippen LogP contribution in [0, 0.1) is 12.8 Å². The first-order valence-corrected chi connectivity index (χ1v) is 7.35. The van der Waals surface area contributed by atoms with E-state index in [0.29, 0.717) is 30.1 Å². The van der Waals surface area contributed by atoms with Crippen LogP contribution in [0.25, 0.3) is 0 Å². The van der Waals surface area contributed by atoms with Crippen molar-refractivity contribution in [3.05, 3.63) is 28.8 Å². The lowest BCUT2D eigenvalue weighted by Crippen LogP contribution is -2.43. The summed E-state index contributed by atoms with van der Waals surface area (Å²) >= 11 is 5.95. The predicted octanol–water partition coefficient (Wildman–Crippen LogP) is 2.68. The SMILES string of the molecule is Cc1ccc(Cl)cc1NC(=O)CN(C)C(CN)C1CC1.Cl. The van der Waals surface area contributed by atoms with Gasteiger partial charge in [0.1, 0.15) is 0 Å². The number of nitrogens with one attached hydrogen (secondary N) is 1. The van der Waals surface area contributed by atoms with Crippen molar-refractivity contribution >= 4 is 35.6 Å². The lowest BCUT2D eigenvalue weighted by molar-refractivity contribution is -0.117. The molecule has 0 aromatic heterocycles. The molecule has 2 rings (SSSR count). The van der Waals surface area contributed by atoms with Gasteiger partial charge in [-0.15, -0.1) is 12.4 Å². The van der Waals surface area contributed by atoms with Gasteiger partial charge in [0, 0.05) is 23.3 Å². The molecule has 0 heterocycles. The summed E-state index contributed by atoms with van der Waals surface area (Å²) in [6.45, 7) is 2.90. The zero-order valence-electron chi connectivity index (χ0n) is 12.4.